The molecule has 0 bridgehead atoms. The molecule has 2 aliphatic rings. The Morgan fingerprint density at radius 1 is 1.33 bits per heavy atom. The quantitative estimate of drug-likeness (QED) is 0.699. The molecule has 0 fully saturated rings. The maximum absolute atomic E-state index is 11.3. The first-order valence-corrected chi connectivity index (χ1v) is 4.02. The molecule has 0 aromatic rings. The summed E-state index contributed by atoms with van der Waals surface area (Å²) in [6.07, 6.45) is 4.49. The number of hydrogen-bond acceptors (Lipinski definition) is 4. The second kappa shape index (κ2) is 5.68. The second-order valence-electron chi connectivity index (χ2n) is 2.59. The topological polar surface area (TPSA) is 51.0 Å². The summed E-state index contributed by atoms with van der Waals surface area (Å²) < 4.78 is 5.13. The van der Waals surface area contributed by atoms with Gasteiger partial charge in [0.15, 0.2) is 5.76 Å². The van der Waals surface area contributed by atoms with E-state index in [0.717, 1.165) is 0 Å². The lowest BCUT2D eigenvalue weighted by Crippen LogP contribution is -2.13. The highest BCUT2D eigenvalue weighted by molar-refractivity contribution is 6.24. The number of ether oxygens (including phenoxy) is 1. The molecule has 0 saturated carbocycles. The van der Waals surface area contributed by atoms with E-state index in [4.69, 9.17) is 4.74 Å². The predicted octanol–water partition coefficient (Wildman–Crippen LogP) is 1.70. The lowest BCUT2D eigenvalue weighted by molar-refractivity contribution is -0.114. The van der Waals surface area contributed by atoms with E-state index in [1.54, 1.807) is 6.08 Å². The molecule has 0 unspecified atom stereocenters. The van der Waals surface area contributed by atoms with Crippen LogP contribution < -0.4 is 0 Å². The monoisotopic (exact) mass is 248 g/mol. The Morgan fingerprint density at radius 3 is 2.73 bits per heavy atom. The normalized spacial score (nSPS) is 16.6. The molecule has 0 spiro atoms. The van der Waals surface area contributed by atoms with Gasteiger partial charge in [-0.1, -0.05) is 0 Å². The van der Waals surface area contributed by atoms with Crippen molar-refractivity contribution < 1.29 is 9.53 Å². The van der Waals surface area contributed by atoms with Crippen LogP contribution in [0.1, 0.15) is 6.92 Å². The Morgan fingerprint density at radius 2 is 2.07 bits per heavy atom. The lowest BCUT2D eigenvalue weighted by atomic mass is 10.1. The molecule has 0 amide bonds. The van der Waals surface area contributed by atoms with Crippen LogP contribution in [-0.4, -0.2) is 24.4 Å². The zero-order valence-corrected chi connectivity index (χ0v) is 9.60. The van der Waals surface area contributed by atoms with Crippen LogP contribution in [0.15, 0.2) is 33.6 Å². The summed E-state index contributed by atoms with van der Waals surface area (Å²) in [7, 11) is 0. The van der Waals surface area contributed by atoms with Crippen LogP contribution in [0.3, 0.4) is 0 Å². The van der Waals surface area contributed by atoms with Crippen molar-refractivity contribution in [1.29, 1.82) is 0 Å². The number of allylic oxidation sites excluding steroid dienone is 2. The standard InChI is InChI=1S/C9H8N2O2.2ClH/c1-2-13-9-4-7-6(3-8(9)12)10-5-11-7;;/h3-5H,2H2,1H3;2*1H. The third-order valence-corrected chi connectivity index (χ3v) is 1.73. The van der Waals surface area contributed by atoms with Crippen LogP contribution in [0.4, 0.5) is 0 Å². The fraction of sp³-hybridized carbons (Fsp3) is 0.222. The SMILES string of the molecule is CCOC1=CC2=NC=NC2=CC1=O.Cl.Cl. The van der Waals surface area contributed by atoms with Crippen molar-refractivity contribution in [3.63, 3.8) is 0 Å². The largest absolute Gasteiger partial charge is 0.490 e. The van der Waals surface area contributed by atoms with Crippen LogP contribution >= 0.6 is 24.8 Å². The summed E-state index contributed by atoms with van der Waals surface area (Å²) in [5.41, 5.74) is 1.32. The van der Waals surface area contributed by atoms with E-state index in [1.807, 2.05) is 6.92 Å². The number of carbonyl (C=O) groups is 1. The van der Waals surface area contributed by atoms with E-state index in [-0.39, 0.29) is 30.6 Å². The fourth-order valence-electron chi connectivity index (χ4n) is 1.17. The first-order valence-electron chi connectivity index (χ1n) is 4.02. The minimum Gasteiger partial charge on any atom is -0.490 e. The van der Waals surface area contributed by atoms with E-state index >= 15 is 0 Å². The summed E-state index contributed by atoms with van der Waals surface area (Å²) in [6.45, 7) is 2.31. The molecule has 6 heteroatoms. The molecule has 0 aromatic heterocycles. The lowest BCUT2D eigenvalue weighted by Gasteiger charge is -2.09. The first kappa shape index (κ1) is 13.9. The minimum atomic E-state index is -0.144. The molecular weight excluding hydrogens is 239 g/mol. The Balaban J connectivity index is 0.000000980. The third-order valence-electron chi connectivity index (χ3n) is 1.73. The van der Waals surface area contributed by atoms with Crippen molar-refractivity contribution in [2.24, 2.45) is 9.98 Å². The molecule has 0 N–H and O–H groups in total. The fourth-order valence-corrected chi connectivity index (χ4v) is 1.17. The Bertz CT molecular complexity index is 384. The summed E-state index contributed by atoms with van der Waals surface area (Å²) in [5.74, 6) is 0.199. The molecule has 4 nitrogen and oxygen atoms in total. The smallest absolute Gasteiger partial charge is 0.222 e. The zero-order valence-electron chi connectivity index (χ0n) is 7.97. The molecule has 0 aromatic carbocycles. The van der Waals surface area contributed by atoms with Crippen molar-refractivity contribution in [2.75, 3.05) is 6.61 Å². The van der Waals surface area contributed by atoms with Gasteiger partial charge in [-0.15, -0.1) is 24.8 Å². The number of ketones is 1. The summed E-state index contributed by atoms with van der Waals surface area (Å²) >= 11 is 0. The molecule has 82 valence electrons. The van der Waals surface area contributed by atoms with Gasteiger partial charge in [-0.3, -0.25) is 4.79 Å². The summed E-state index contributed by atoms with van der Waals surface area (Å²) in [5, 5.41) is 0. The number of aliphatic imine (C=N–C) groups is 2. The van der Waals surface area contributed by atoms with Crippen molar-refractivity contribution in [3.05, 3.63) is 23.6 Å². The maximum atomic E-state index is 11.3. The van der Waals surface area contributed by atoms with Crippen LogP contribution in [-0.2, 0) is 9.53 Å². The van der Waals surface area contributed by atoms with Gasteiger partial charge in [-0.2, -0.15) is 0 Å². The molecule has 1 heterocycles. The number of rotatable bonds is 2. The summed E-state index contributed by atoms with van der Waals surface area (Å²) in [6, 6.07) is 0. The van der Waals surface area contributed by atoms with Crippen molar-refractivity contribution in [2.45, 2.75) is 6.92 Å². The molecule has 15 heavy (non-hydrogen) atoms. The summed E-state index contributed by atoms with van der Waals surface area (Å²) in [4.78, 5) is 19.2. The van der Waals surface area contributed by atoms with Gasteiger partial charge in [0.2, 0.25) is 5.78 Å². The van der Waals surface area contributed by atoms with E-state index in [2.05, 4.69) is 9.98 Å². The van der Waals surface area contributed by atoms with Gasteiger partial charge in [-0.05, 0) is 6.92 Å². The van der Waals surface area contributed by atoms with E-state index in [1.165, 1.54) is 12.4 Å². The number of carbonyl (C=O) groups excluding carboxylic acids is 1. The van der Waals surface area contributed by atoms with Crippen molar-refractivity contribution in [3.8, 4) is 0 Å². The van der Waals surface area contributed by atoms with Crippen LogP contribution in [0, 0.1) is 0 Å². The number of nitrogens with zero attached hydrogens (tertiary/aromatic N) is 2. The average Bonchev–Trinajstić information content (AvgIpc) is 2.52. The van der Waals surface area contributed by atoms with Gasteiger partial charge < -0.3 is 4.74 Å². The Labute approximate surface area is 99.6 Å². The van der Waals surface area contributed by atoms with Gasteiger partial charge in [0.25, 0.3) is 0 Å². The average molecular weight is 249 g/mol. The molecule has 1 aliphatic carbocycles. The zero-order chi connectivity index (χ0) is 9.26. The molecule has 0 saturated heterocycles. The van der Waals surface area contributed by atoms with E-state index in [9.17, 15) is 4.79 Å². The molecular formula is C9H10Cl2N2O2. The number of fused-ring (bicyclic) bond motifs is 1. The Kier molecular flexibility index (Phi) is 5.25. The van der Waals surface area contributed by atoms with E-state index in [0.29, 0.717) is 23.8 Å². The van der Waals surface area contributed by atoms with Crippen LogP contribution in [0.5, 0.6) is 0 Å². The number of halogens is 2. The molecule has 2 rings (SSSR count). The van der Waals surface area contributed by atoms with Gasteiger partial charge in [0, 0.05) is 12.2 Å². The van der Waals surface area contributed by atoms with Crippen LogP contribution in [0.25, 0.3) is 0 Å². The highest BCUT2D eigenvalue weighted by Crippen LogP contribution is 2.17. The molecule has 0 radical (unpaired) electrons. The van der Waals surface area contributed by atoms with Gasteiger partial charge >= 0.3 is 0 Å². The first-order chi connectivity index (χ1) is 6.31. The van der Waals surface area contributed by atoms with Crippen molar-refractivity contribution >= 4 is 42.6 Å². The Hall–Kier alpha value is -1.13. The van der Waals surface area contributed by atoms with Crippen LogP contribution in [0.2, 0.25) is 0 Å². The highest BCUT2D eigenvalue weighted by atomic mass is 35.5. The number of hydrogen-bond donors (Lipinski definition) is 0. The minimum absolute atomic E-state index is 0. The third kappa shape index (κ3) is 2.67. The van der Waals surface area contributed by atoms with Gasteiger partial charge in [0.1, 0.15) is 6.34 Å². The van der Waals surface area contributed by atoms with Crippen molar-refractivity contribution in [1.82, 2.24) is 0 Å². The van der Waals surface area contributed by atoms with E-state index < -0.39 is 0 Å². The predicted molar refractivity (Wildman–Crippen MR) is 63.2 cm³/mol. The molecule has 1 aliphatic heterocycles. The second-order valence-corrected chi connectivity index (χ2v) is 2.59. The maximum Gasteiger partial charge on any atom is 0.222 e. The van der Waals surface area contributed by atoms with Gasteiger partial charge in [0.05, 0.1) is 18.0 Å². The highest BCUT2D eigenvalue weighted by Gasteiger charge is 2.20. The molecule has 0 atom stereocenters. The van der Waals surface area contributed by atoms with Gasteiger partial charge in [-0.25, -0.2) is 9.98 Å².